The number of nitrogens with one attached hydrogen (secondary N) is 1. The number of aliphatic hydroxyl groups excluding tert-OH is 1. The third-order valence-electron chi connectivity index (χ3n) is 2.46. The molecule has 0 aliphatic rings. The molecule has 1 unspecified atom stereocenters. The zero-order chi connectivity index (χ0) is 12.7. The molecule has 0 heterocycles. The van der Waals surface area contributed by atoms with Gasteiger partial charge in [-0.25, -0.2) is 4.39 Å². The van der Waals surface area contributed by atoms with Crippen LogP contribution in [0, 0.1) is 5.82 Å². The fourth-order valence-electron chi connectivity index (χ4n) is 1.64. The lowest BCUT2D eigenvalue weighted by Gasteiger charge is -2.16. The molecule has 0 bridgehead atoms. The first kappa shape index (κ1) is 14.1. The Morgan fingerprint density at radius 1 is 1.29 bits per heavy atom. The highest BCUT2D eigenvalue weighted by Gasteiger charge is 2.04. The minimum absolute atomic E-state index is 0.205. The van der Waals surface area contributed by atoms with E-state index in [0.29, 0.717) is 13.1 Å². The SMILES string of the molecule is CN(C)CC(O)CNCCc1ccc(F)cc1. The molecule has 0 fully saturated rings. The van der Waals surface area contributed by atoms with Crippen molar-refractivity contribution in [2.75, 3.05) is 33.7 Å². The van der Waals surface area contributed by atoms with E-state index < -0.39 is 0 Å². The zero-order valence-corrected chi connectivity index (χ0v) is 10.5. The van der Waals surface area contributed by atoms with Gasteiger partial charge in [-0.2, -0.15) is 0 Å². The Kier molecular flexibility index (Phi) is 6.11. The van der Waals surface area contributed by atoms with Gasteiger partial charge in [0.2, 0.25) is 0 Å². The summed E-state index contributed by atoms with van der Waals surface area (Å²) in [5, 5.41) is 12.8. The van der Waals surface area contributed by atoms with E-state index >= 15 is 0 Å². The molecule has 0 aliphatic carbocycles. The van der Waals surface area contributed by atoms with Crippen LogP contribution < -0.4 is 5.32 Å². The van der Waals surface area contributed by atoms with Crippen LogP contribution in [0.1, 0.15) is 5.56 Å². The van der Waals surface area contributed by atoms with E-state index in [-0.39, 0.29) is 11.9 Å². The molecule has 4 heteroatoms. The maximum Gasteiger partial charge on any atom is 0.123 e. The molecule has 1 rings (SSSR count). The van der Waals surface area contributed by atoms with Crippen molar-refractivity contribution in [3.05, 3.63) is 35.6 Å². The molecule has 0 aromatic heterocycles. The van der Waals surface area contributed by atoms with Crippen molar-refractivity contribution in [1.82, 2.24) is 10.2 Å². The maximum absolute atomic E-state index is 12.6. The molecule has 0 saturated carbocycles. The Morgan fingerprint density at radius 2 is 1.94 bits per heavy atom. The summed E-state index contributed by atoms with van der Waals surface area (Å²) in [5.74, 6) is -0.205. The molecule has 0 radical (unpaired) electrons. The fourth-order valence-corrected chi connectivity index (χ4v) is 1.64. The molecule has 0 amide bonds. The summed E-state index contributed by atoms with van der Waals surface area (Å²) in [6, 6.07) is 6.51. The van der Waals surface area contributed by atoms with Gasteiger partial charge in [-0.15, -0.1) is 0 Å². The standard InChI is InChI=1S/C13H21FN2O/c1-16(2)10-13(17)9-15-8-7-11-3-5-12(14)6-4-11/h3-6,13,15,17H,7-10H2,1-2H3. The van der Waals surface area contributed by atoms with Gasteiger partial charge in [0.05, 0.1) is 6.10 Å². The average molecular weight is 240 g/mol. The number of halogens is 1. The minimum Gasteiger partial charge on any atom is -0.390 e. The number of aliphatic hydroxyl groups is 1. The lowest BCUT2D eigenvalue weighted by atomic mass is 10.1. The third kappa shape index (κ3) is 6.36. The summed E-state index contributed by atoms with van der Waals surface area (Å²) in [4.78, 5) is 1.95. The second kappa shape index (κ2) is 7.37. The van der Waals surface area contributed by atoms with Crippen LogP contribution in [0.3, 0.4) is 0 Å². The maximum atomic E-state index is 12.6. The van der Waals surface area contributed by atoms with E-state index in [1.54, 1.807) is 12.1 Å². The Hall–Kier alpha value is -0.970. The number of hydrogen-bond donors (Lipinski definition) is 2. The van der Waals surface area contributed by atoms with Gasteiger partial charge < -0.3 is 15.3 Å². The molecule has 96 valence electrons. The summed E-state index contributed by atoms with van der Waals surface area (Å²) < 4.78 is 12.6. The number of rotatable bonds is 7. The Balaban J connectivity index is 2.13. The molecular formula is C13H21FN2O. The van der Waals surface area contributed by atoms with E-state index in [2.05, 4.69) is 5.32 Å². The number of likely N-dealkylation sites (N-methyl/N-ethyl adjacent to an activating group) is 1. The van der Waals surface area contributed by atoms with Crippen molar-refractivity contribution < 1.29 is 9.50 Å². The van der Waals surface area contributed by atoms with Gasteiger partial charge in [0.25, 0.3) is 0 Å². The highest BCUT2D eigenvalue weighted by Crippen LogP contribution is 2.02. The predicted molar refractivity (Wildman–Crippen MR) is 67.5 cm³/mol. The van der Waals surface area contributed by atoms with Crippen molar-refractivity contribution in [3.8, 4) is 0 Å². The summed E-state index contributed by atoms with van der Waals surface area (Å²) in [7, 11) is 3.86. The summed E-state index contributed by atoms with van der Waals surface area (Å²) in [5.41, 5.74) is 1.10. The highest BCUT2D eigenvalue weighted by atomic mass is 19.1. The molecule has 0 spiro atoms. The number of nitrogens with zero attached hydrogens (tertiary/aromatic N) is 1. The van der Waals surface area contributed by atoms with Gasteiger partial charge in [-0.1, -0.05) is 12.1 Å². The molecule has 2 N–H and O–H groups in total. The van der Waals surface area contributed by atoms with Gasteiger partial charge in [0, 0.05) is 13.1 Å². The number of hydrogen-bond acceptors (Lipinski definition) is 3. The number of benzene rings is 1. The molecule has 0 aliphatic heterocycles. The normalized spacial score (nSPS) is 13.0. The predicted octanol–water partition coefficient (Wildman–Crippen LogP) is 0.880. The van der Waals surface area contributed by atoms with Crippen LogP contribution in [0.15, 0.2) is 24.3 Å². The van der Waals surface area contributed by atoms with E-state index in [1.165, 1.54) is 12.1 Å². The first-order chi connectivity index (χ1) is 8.08. The molecule has 17 heavy (non-hydrogen) atoms. The van der Waals surface area contributed by atoms with Gasteiger partial charge in [0.1, 0.15) is 5.82 Å². The van der Waals surface area contributed by atoms with Crippen molar-refractivity contribution in [1.29, 1.82) is 0 Å². The molecule has 0 saturated heterocycles. The fraction of sp³-hybridized carbons (Fsp3) is 0.538. The second-order valence-electron chi connectivity index (χ2n) is 4.50. The van der Waals surface area contributed by atoms with Crippen molar-refractivity contribution in [2.45, 2.75) is 12.5 Å². The lowest BCUT2D eigenvalue weighted by molar-refractivity contribution is 0.135. The van der Waals surface area contributed by atoms with Crippen LogP contribution >= 0.6 is 0 Å². The van der Waals surface area contributed by atoms with Crippen LogP contribution in [-0.4, -0.2) is 49.8 Å². The van der Waals surface area contributed by atoms with Crippen molar-refractivity contribution in [3.63, 3.8) is 0 Å². The monoisotopic (exact) mass is 240 g/mol. The Bertz CT molecular complexity index is 314. The minimum atomic E-state index is -0.349. The molecule has 3 nitrogen and oxygen atoms in total. The lowest BCUT2D eigenvalue weighted by Crippen LogP contribution is -2.35. The molecular weight excluding hydrogens is 219 g/mol. The highest BCUT2D eigenvalue weighted by molar-refractivity contribution is 5.16. The van der Waals surface area contributed by atoms with Crippen LogP contribution in [0.4, 0.5) is 4.39 Å². The van der Waals surface area contributed by atoms with E-state index in [0.717, 1.165) is 18.5 Å². The van der Waals surface area contributed by atoms with Crippen LogP contribution in [0.25, 0.3) is 0 Å². The summed E-state index contributed by atoms with van der Waals surface area (Å²) in [6.07, 6.45) is 0.493. The van der Waals surface area contributed by atoms with Gasteiger partial charge in [0.15, 0.2) is 0 Å². The summed E-state index contributed by atoms with van der Waals surface area (Å²) >= 11 is 0. The molecule has 1 atom stereocenters. The summed E-state index contributed by atoms with van der Waals surface area (Å²) in [6.45, 7) is 2.03. The van der Waals surface area contributed by atoms with Crippen LogP contribution in [-0.2, 0) is 6.42 Å². The average Bonchev–Trinajstić information content (AvgIpc) is 2.26. The zero-order valence-electron chi connectivity index (χ0n) is 10.5. The van der Waals surface area contributed by atoms with Crippen molar-refractivity contribution >= 4 is 0 Å². The van der Waals surface area contributed by atoms with Crippen molar-refractivity contribution in [2.24, 2.45) is 0 Å². The first-order valence-electron chi connectivity index (χ1n) is 5.86. The van der Waals surface area contributed by atoms with Crippen LogP contribution in [0.2, 0.25) is 0 Å². The van der Waals surface area contributed by atoms with Crippen LogP contribution in [0.5, 0.6) is 0 Å². The van der Waals surface area contributed by atoms with Gasteiger partial charge in [-0.05, 0) is 44.8 Å². The smallest absolute Gasteiger partial charge is 0.123 e. The van der Waals surface area contributed by atoms with E-state index in [9.17, 15) is 9.50 Å². The molecule has 1 aromatic carbocycles. The largest absolute Gasteiger partial charge is 0.390 e. The first-order valence-corrected chi connectivity index (χ1v) is 5.86. The topological polar surface area (TPSA) is 35.5 Å². The van der Waals surface area contributed by atoms with E-state index in [4.69, 9.17) is 0 Å². The van der Waals surface area contributed by atoms with Gasteiger partial charge in [-0.3, -0.25) is 0 Å². The second-order valence-corrected chi connectivity index (χ2v) is 4.50. The Labute approximate surface area is 102 Å². The quantitative estimate of drug-likeness (QED) is 0.695. The third-order valence-corrected chi connectivity index (χ3v) is 2.46. The van der Waals surface area contributed by atoms with Gasteiger partial charge >= 0.3 is 0 Å². The molecule has 1 aromatic rings. The Morgan fingerprint density at radius 3 is 2.53 bits per heavy atom. The van der Waals surface area contributed by atoms with E-state index in [1.807, 2.05) is 19.0 Å².